The van der Waals surface area contributed by atoms with Crippen LogP contribution in [-0.4, -0.2) is 35.8 Å². The number of carbonyl (C=O) groups excluding carboxylic acids is 2. The summed E-state index contributed by atoms with van der Waals surface area (Å²) in [7, 11) is 0. The van der Waals surface area contributed by atoms with Gasteiger partial charge in [0.15, 0.2) is 0 Å². The Morgan fingerprint density at radius 1 is 1.00 bits per heavy atom. The predicted molar refractivity (Wildman–Crippen MR) is 88.6 cm³/mol. The highest BCUT2D eigenvalue weighted by molar-refractivity contribution is 5.77. The van der Waals surface area contributed by atoms with Crippen molar-refractivity contribution in [3.63, 3.8) is 0 Å². The minimum atomic E-state index is 0.156. The first kappa shape index (κ1) is 15.5. The van der Waals surface area contributed by atoms with E-state index in [0.717, 1.165) is 50.1 Å². The van der Waals surface area contributed by atoms with Gasteiger partial charge in [-0.1, -0.05) is 0 Å². The monoisotopic (exact) mass is 318 g/mol. The molecule has 4 nitrogen and oxygen atoms in total. The molecule has 0 spiro atoms. The molecule has 0 atom stereocenters. The average Bonchev–Trinajstić information content (AvgIpc) is 2.45. The largest absolute Gasteiger partial charge is 0.353 e. The molecule has 4 heteroatoms. The van der Waals surface area contributed by atoms with Crippen molar-refractivity contribution in [3.05, 3.63) is 0 Å². The lowest BCUT2D eigenvalue weighted by atomic mass is 9.49. The van der Waals surface area contributed by atoms with Crippen molar-refractivity contribution in [3.8, 4) is 0 Å². The first-order valence-electron chi connectivity index (χ1n) is 9.56. The molecule has 5 rings (SSSR count). The summed E-state index contributed by atoms with van der Waals surface area (Å²) in [6.45, 7) is 3.21. The van der Waals surface area contributed by atoms with Gasteiger partial charge in [-0.2, -0.15) is 0 Å². The van der Waals surface area contributed by atoms with Gasteiger partial charge in [-0.3, -0.25) is 9.59 Å². The molecule has 4 bridgehead atoms. The van der Waals surface area contributed by atoms with E-state index >= 15 is 0 Å². The number of piperidine rings is 1. The van der Waals surface area contributed by atoms with Crippen LogP contribution in [0.2, 0.25) is 0 Å². The van der Waals surface area contributed by atoms with E-state index in [1.54, 1.807) is 6.92 Å². The zero-order valence-corrected chi connectivity index (χ0v) is 14.4. The van der Waals surface area contributed by atoms with Gasteiger partial charge >= 0.3 is 0 Å². The van der Waals surface area contributed by atoms with Crippen LogP contribution < -0.4 is 5.32 Å². The van der Waals surface area contributed by atoms with Crippen molar-refractivity contribution in [1.82, 2.24) is 10.2 Å². The normalized spacial score (nSPS) is 39.5. The second-order valence-corrected chi connectivity index (χ2v) is 8.94. The Kier molecular flexibility index (Phi) is 3.89. The van der Waals surface area contributed by atoms with E-state index in [1.807, 2.05) is 4.90 Å². The van der Waals surface area contributed by atoms with Crippen LogP contribution in [0.1, 0.15) is 64.7 Å². The molecule has 1 N–H and O–H groups in total. The minimum absolute atomic E-state index is 0.156. The second-order valence-electron chi connectivity index (χ2n) is 8.94. The van der Waals surface area contributed by atoms with Crippen LogP contribution in [0, 0.1) is 23.2 Å². The summed E-state index contributed by atoms with van der Waals surface area (Å²) in [5.41, 5.74) is 0.332. The van der Waals surface area contributed by atoms with Gasteiger partial charge in [0.25, 0.3) is 0 Å². The fraction of sp³-hybridized carbons (Fsp3) is 0.895. The van der Waals surface area contributed by atoms with Gasteiger partial charge in [-0.05, 0) is 74.5 Å². The molecule has 5 fully saturated rings. The summed E-state index contributed by atoms with van der Waals surface area (Å²) < 4.78 is 0. The number of nitrogens with zero attached hydrogens (tertiary/aromatic N) is 1. The van der Waals surface area contributed by atoms with Gasteiger partial charge in [-0.15, -0.1) is 0 Å². The van der Waals surface area contributed by atoms with Crippen molar-refractivity contribution in [1.29, 1.82) is 0 Å². The summed E-state index contributed by atoms with van der Waals surface area (Å²) in [4.78, 5) is 25.9. The number of amides is 2. The van der Waals surface area contributed by atoms with Crippen molar-refractivity contribution in [2.75, 3.05) is 13.1 Å². The van der Waals surface area contributed by atoms with Crippen LogP contribution in [0.25, 0.3) is 0 Å². The van der Waals surface area contributed by atoms with Gasteiger partial charge < -0.3 is 10.2 Å². The molecular formula is C19H30N2O2. The fourth-order valence-corrected chi connectivity index (χ4v) is 6.46. The lowest BCUT2D eigenvalue weighted by Gasteiger charge is -2.56. The number of hydrogen-bond donors (Lipinski definition) is 1. The Labute approximate surface area is 139 Å². The summed E-state index contributed by atoms with van der Waals surface area (Å²) >= 11 is 0. The molecule has 4 aliphatic carbocycles. The van der Waals surface area contributed by atoms with E-state index in [0.29, 0.717) is 5.41 Å². The molecule has 5 aliphatic rings. The highest BCUT2D eigenvalue weighted by atomic mass is 16.2. The number of nitrogens with one attached hydrogen (secondary N) is 1. The van der Waals surface area contributed by atoms with Crippen LogP contribution in [-0.2, 0) is 9.59 Å². The molecule has 4 saturated carbocycles. The lowest BCUT2D eigenvalue weighted by Crippen LogP contribution is -2.50. The van der Waals surface area contributed by atoms with Crippen molar-refractivity contribution >= 4 is 11.8 Å². The topological polar surface area (TPSA) is 49.4 Å². The third kappa shape index (κ3) is 3.14. The SMILES string of the molecule is CC(=O)N1CCC(NC(=O)CC23CC4CC(CC(C4)C2)C3)CC1. The average molecular weight is 318 g/mol. The molecule has 0 unspecified atom stereocenters. The summed E-state index contributed by atoms with van der Waals surface area (Å²) in [6.07, 6.45) is 10.8. The van der Waals surface area contributed by atoms with E-state index < -0.39 is 0 Å². The maximum atomic E-state index is 12.6. The Morgan fingerprint density at radius 2 is 1.52 bits per heavy atom. The maximum Gasteiger partial charge on any atom is 0.220 e. The van der Waals surface area contributed by atoms with Crippen molar-refractivity contribution < 1.29 is 9.59 Å². The van der Waals surface area contributed by atoms with Crippen LogP contribution in [0.15, 0.2) is 0 Å². The zero-order valence-electron chi connectivity index (χ0n) is 14.4. The molecular weight excluding hydrogens is 288 g/mol. The van der Waals surface area contributed by atoms with E-state index in [-0.39, 0.29) is 17.9 Å². The molecule has 0 aromatic rings. The van der Waals surface area contributed by atoms with Gasteiger partial charge in [0.2, 0.25) is 11.8 Å². The Bertz CT molecular complexity index is 458. The third-order valence-corrected chi connectivity index (χ3v) is 7.01. The van der Waals surface area contributed by atoms with Crippen LogP contribution in [0.4, 0.5) is 0 Å². The standard InChI is InChI=1S/C19H30N2O2/c1-13(22)21-4-2-17(3-5-21)20-18(23)12-19-9-14-6-15(10-19)8-16(7-14)11-19/h14-17H,2-12H2,1H3,(H,20,23). The third-order valence-electron chi connectivity index (χ3n) is 7.01. The first-order valence-corrected chi connectivity index (χ1v) is 9.56. The second kappa shape index (κ2) is 5.78. The van der Waals surface area contributed by atoms with E-state index in [1.165, 1.54) is 38.5 Å². The Hall–Kier alpha value is -1.06. The molecule has 1 aliphatic heterocycles. The smallest absolute Gasteiger partial charge is 0.220 e. The predicted octanol–water partition coefficient (Wildman–Crippen LogP) is 2.72. The summed E-state index contributed by atoms with van der Waals surface area (Å²) in [5, 5.41) is 3.28. The summed E-state index contributed by atoms with van der Waals surface area (Å²) in [6, 6.07) is 0.270. The van der Waals surface area contributed by atoms with Gasteiger partial charge in [-0.25, -0.2) is 0 Å². The molecule has 128 valence electrons. The Morgan fingerprint density at radius 3 is 2.00 bits per heavy atom. The van der Waals surface area contributed by atoms with E-state index in [9.17, 15) is 9.59 Å². The Balaban J connectivity index is 1.30. The molecule has 1 saturated heterocycles. The van der Waals surface area contributed by atoms with E-state index in [2.05, 4.69) is 5.32 Å². The molecule has 0 aromatic heterocycles. The van der Waals surface area contributed by atoms with Crippen LogP contribution in [0.5, 0.6) is 0 Å². The summed E-state index contributed by atoms with van der Waals surface area (Å²) in [5.74, 6) is 3.16. The van der Waals surface area contributed by atoms with Crippen LogP contribution >= 0.6 is 0 Å². The number of likely N-dealkylation sites (tertiary alicyclic amines) is 1. The molecule has 0 aromatic carbocycles. The maximum absolute atomic E-state index is 12.6. The fourth-order valence-electron chi connectivity index (χ4n) is 6.46. The molecule has 23 heavy (non-hydrogen) atoms. The molecule has 0 radical (unpaired) electrons. The van der Waals surface area contributed by atoms with Gasteiger partial charge in [0.05, 0.1) is 0 Å². The highest BCUT2D eigenvalue weighted by Gasteiger charge is 2.51. The number of rotatable bonds is 3. The van der Waals surface area contributed by atoms with Crippen molar-refractivity contribution in [2.24, 2.45) is 23.2 Å². The molecule has 2 amide bonds. The molecule has 1 heterocycles. The zero-order chi connectivity index (χ0) is 16.0. The lowest BCUT2D eigenvalue weighted by molar-refractivity contribution is -0.131. The van der Waals surface area contributed by atoms with Gasteiger partial charge in [0.1, 0.15) is 0 Å². The number of hydrogen-bond acceptors (Lipinski definition) is 2. The van der Waals surface area contributed by atoms with E-state index in [4.69, 9.17) is 0 Å². The first-order chi connectivity index (χ1) is 11.0. The quantitative estimate of drug-likeness (QED) is 0.870. The van der Waals surface area contributed by atoms with Crippen LogP contribution in [0.3, 0.4) is 0 Å². The van der Waals surface area contributed by atoms with Crippen molar-refractivity contribution in [2.45, 2.75) is 70.8 Å². The minimum Gasteiger partial charge on any atom is -0.353 e. The number of carbonyl (C=O) groups is 2. The highest BCUT2D eigenvalue weighted by Crippen LogP contribution is 2.61. The van der Waals surface area contributed by atoms with Gasteiger partial charge in [0, 0.05) is 32.5 Å².